The molecule has 0 heterocycles. The third-order valence-corrected chi connectivity index (χ3v) is 7.54. The summed E-state index contributed by atoms with van der Waals surface area (Å²) < 4.78 is 10.9. The van der Waals surface area contributed by atoms with Gasteiger partial charge in [0.1, 0.15) is 13.2 Å². The van der Waals surface area contributed by atoms with Gasteiger partial charge in [0.25, 0.3) is 0 Å². The van der Waals surface area contributed by atoms with Gasteiger partial charge in [-0.15, -0.1) is 0 Å². The zero-order valence-electron chi connectivity index (χ0n) is 25.4. The second-order valence-electron chi connectivity index (χ2n) is 11.2. The molecule has 0 rings (SSSR count). The van der Waals surface area contributed by atoms with Crippen LogP contribution in [0.25, 0.3) is 0 Å². The van der Waals surface area contributed by atoms with E-state index in [1.165, 1.54) is 77.0 Å². The van der Waals surface area contributed by atoms with Crippen molar-refractivity contribution >= 4 is 11.9 Å². The van der Waals surface area contributed by atoms with Crippen molar-refractivity contribution in [3.8, 4) is 0 Å². The van der Waals surface area contributed by atoms with Crippen LogP contribution in [0.2, 0.25) is 0 Å². The topological polar surface area (TPSA) is 72.8 Å². The molecule has 0 aromatic carbocycles. The van der Waals surface area contributed by atoms with E-state index in [-0.39, 0.29) is 31.8 Å². The van der Waals surface area contributed by atoms with Crippen molar-refractivity contribution in [3.63, 3.8) is 0 Å². The van der Waals surface area contributed by atoms with Gasteiger partial charge >= 0.3 is 11.9 Å². The van der Waals surface area contributed by atoms with E-state index in [9.17, 15) is 14.7 Å². The standard InChI is InChI=1S/C33H62O5/c1-4-7-9-11-13-14-15-16-17-18-19-20-21-23-25-27-32(36)38-30-33(6-3,28-34)29-37-31(35)26-24-22-12-10-8-5-2/h16-17,34H,4-15,18-30H2,1-3H3/b17-16-. The number of carbonyl (C=O) groups excluding carboxylic acids is 2. The summed E-state index contributed by atoms with van der Waals surface area (Å²) in [7, 11) is 0. The first-order valence-corrected chi connectivity index (χ1v) is 16.1. The number of aliphatic hydroxyl groups excluding tert-OH is 1. The fraction of sp³-hybridized carbons (Fsp3) is 0.879. The molecule has 0 spiro atoms. The van der Waals surface area contributed by atoms with E-state index >= 15 is 0 Å². The Morgan fingerprint density at radius 3 is 1.32 bits per heavy atom. The number of rotatable bonds is 28. The van der Waals surface area contributed by atoms with Gasteiger partial charge < -0.3 is 14.6 Å². The first kappa shape index (κ1) is 36.6. The predicted molar refractivity (Wildman–Crippen MR) is 159 cm³/mol. The van der Waals surface area contributed by atoms with Crippen LogP contribution >= 0.6 is 0 Å². The third-order valence-electron chi connectivity index (χ3n) is 7.54. The summed E-state index contributed by atoms with van der Waals surface area (Å²) in [6, 6.07) is 0. The number of carbonyl (C=O) groups is 2. The van der Waals surface area contributed by atoms with Crippen molar-refractivity contribution in [3.05, 3.63) is 12.2 Å². The molecule has 0 bridgehead atoms. The Balaban J connectivity index is 3.83. The summed E-state index contributed by atoms with van der Waals surface area (Å²) in [5.41, 5.74) is -0.713. The van der Waals surface area contributed by atoms with E-state index in [0.717, 1.165) is 44.9 Å². The highest BCUT2D eigenvalue weighted by Gasteiger charge is 2.31. The largest absolute Gasteiger partial charge is 0.465 e. The average Bonchev–Trinajstić information content (AvgIpc) is 2.93. The van der Waals surface area contributed by atoms with Crippen molar-refractivity contribution in [2.24, 2.45) is 5.41 Å². The molecule has 0 aliphatic heterocycles. The highest BCUT2D eigenvalue weighted by molar-refractivity contribution is 5.69. The Bertz CT molecular complexity index is 568. The number of hydrogen-bond donors (Lipinski definition) is 1. The van der Waals surface area contributed by atoms with Crippen LogP contribution < -0.4 is 0 Å². The Labute approximate surface area is 235 Å². The molecule has 1 N–H and O–H groups in total. The third kappa shape index (κ3) is 22.6. The van der Waals surface area contributed by atoms with Gasteiger partial charge in [-0.1, -0.05) is 116 Å². The number of unbranched alkanes of at least 4 members (excludes halogenated alkanes) is 16. The molecule has 0 aliphatic rings. The molecule has 0 aromatic rings. The smallest absolute Gasteiger partial charge is 0.305 e. The predicted octanol–water partition coefficient (Wildman–Crippen LogP) is 9.25. The van der Waals surface area contributed by atoms with Crippen LogP contribution in [0.1, 0.15) is 162 Å². The molecule has 0 aromatic heterocycles. The van der Waals surface area contributed by atoms with Crippen molar-refractivity contribution in [1.29, 1.82) is 0 Å². The first-order valence-electron chi connectivity index (χ1n) is 16.1. The van der Waals surface area contributed by atoms with Gasteiger partial charge in [0, 0.05) is 12.8 Å². The van der Waals surface area contributed by atoms with Gasteiger partial charge in [0.2, 0.25) is 0 Å². The Kier molecular flexibility index (Phi) is 26.2. The molecule has 0 saturated carbocycles. The molecule has 5 nitrogen and oxygen atoms in total. The minimum Gasteiger partial charge on any atom is -0.465 e. The highest BCUT2D eigenvalue weighted by Crippen LogP contribution is 2.23. The maximum Gasteiger partial charge on any atom is 0.305 e. The molecule has 0 aliphatic carbocycles. The summed E-state index contributed by atoms with van der Waals surface area (Å²) in [4.78, 5) is 24.3. The highest BCUT2D eigenvalue weighted by atomic mass is 16.5. The van der Waals surface area contributed by atoms with Crippen molar-refractivity contribution in [2.75, 3.05) is 19.8 Å². The van der Waals surface area contributed by atoms with Gasteiger partial charge in [-0.2, -0.15) is 0 Å². The van der Waals surface area contributed by atoms with E-state index < -0.39 is 5.41 Å². The van der Waals surface area contributed by atoms with E-state index in [1.807, 2.05) is 6.92 Å². The molecule has 1 unspecified atom stereocenters. The number of hydrogen-bond acceptors (Lipinski definition) is 5. The van der Waals surface area contributed by atoms with E-state index in [0.29, 0.717) is 19.3 Å². The number of esters is 2. The Hall–Kier alpha value is -1.36. The van der Waals surface area contributed by atoms with Crippen LogP contribution in [0.3, 0.4) is 0 Å². The summed E-state index contributed by atoms with van der Waals surface area (Å²) >= 11 is 0. The lowest BCUT2D eigenvalue weighted by molar-refractivity contribution is -0.156. The fourth-order valence-corrected chi connectivity index (χ4v) is 4.45. The van der Waals surface area contributed by atoms with Gasteiger partial charge in [0.05, 0.1) is 12.0 Å². The monoisotopic (exact) mass is 538 g/mol. The SMILES string of the molecule is CCCCCCCC/C=C\CCCCCCCC(=O)OCC(CC)(CO)COC(=O)CCCCCCCC. The number of allylic oxidation sites excluding steroid dienone is 2. The van der Waals surface area contributed by atoms with Gasteiger partial charge in [-0.05, 0) is 44.9 Å². The maximum absolute atomic E-state index is 12.2. The van der Waals surface area contributed by atoms with E-state index in [1.54, 1.807) is 0 Å². The lowest BCUT2D eigenvalue weighted by Crippen LogP contribution is -2.37. The zero-order valence-corrected chi connectivity index (χ0v) is 25.4. The van der Waals surface area contributed by atoms with Crippen LogP contribution in [0.15, 0.2) is 12.2 Å². The van der Waals surface area contributed by atoms with Crippen LogP contribution in [-0.2, 0) is 19.1 Å². The molecule has 1 atom stereocenters. The van der Waals surface area contributed by atoms with Crippen molar-refractivity contribution < 1.29 is 24.2 Å². The lowest BCUT2D eigenvalue weighted by atomic mass is 9.88. The molecule has 0 amide bonds. The maximum atomic E-state index is 12.2. The van der Waals surface area contributed by atoms with Crippen molar-refractivity contribution in [2.45, 2.75) is 162 Å². The van der Waals surface area contributed by atoms with Gasteiger partial charge in [-0.3, -0.25) is 9.59 Å². The molecular weight excluding hydrogens is 476 g/mol. The van der Waals surface area contributed by atoms with Gasteiger partial charge in [0.15, 0.2) is 0 Å². The second kappa shape index (κ2) is 27.2. The minimum atomic E-state index is -0.713. The molecule has 38 heavy (non-hydrogen) atoms. The molecule has 0 radical (unpaired) electrons. The summed E-state index contributed by atoms with van der Waals surface area (Å²) in [6.45, 7) is 6.39. The van der Waals surface area contributed by atoms with Gasteiger partial charge in [-0.25, -0.2) is 0 Å². The summed E-state index contributed by atoms with van der Waals surface area (Å²) in [5, 5.41) is 9.93. The Morgan fingerprint density at radius 1 is 0.579 bits per heavy atom. The minimum absolute atomic E-state index is 0.0915. The summed E-state index contributed by atoms with van der Waals surface area (Å²) in [6.07, 6.45) is 28.7. The van der Waals surface area contributed by atoms with Crippen LogP contribution in [0.5, 0.6) is 0 Å². The first-order chi connectivity index (χ1) is 18.5. The Morgan fingerprint density at radius 2 is 0.947 bits per heavy atom. The number of ether oxygens (including phenoxy) is 2. The molecule has 224 valence electrons. The van der Waals surface area contributed by atoms with Crippen LogP contribution in [0.4, 0.5) is 0 Å². The molecule has 5 heteroatoms. The molecule has 0 saturated heterocycles. The normalized spacial score (nSPS) is 13.1. The van der Waals surface area contributed by atoms with E-state index in [4.69, 9.17) is 9.47 Å². The second-order valence-corrected chi connectivity index (χ2v) is 11.2. The zero-order chi connectivity index (χ0) is 28.2. The van der Waals surface area contributed by atoms with Crippen LogP contribution in [0, 0.1) is 5.41 Å². The quantitative estimate of drug-likeness (QED) is 0.0610. The number of aliphatic hydroxyl groups is 1. The fourth-order valence-electron chi connectivity index (χ4n) is 4.45. The van der Waals surface area contributed by atoms with Crippen LogP contribution in [-0.4, -0.2) is 36.9 Å². The van der Waals surface area contributed by atoms with Crippen molar-refractivity contribution in [1.82, 2.24) is 0 Å². The van der Waals surface area contributed by atoms with E-state index in [2.05, 4.69) is 26.0 Å². The summed E-state index contributed by atoms with van der Waals surface area (Å²) in [5.74, 6) is -0.460. The lowest BCUT2D eigenvalue weighted by Gasteiger charge is -2.29. The average molecular weight is 539 g/mol. The molecular formula is C33H62O5. The molecule has 0 fully saturated rings.